The Morgan fingerprint density at radius 1 is 1.44 bits per heavy atom. The molecule has 1 aliphatic heterocycles. The van der Waals surface area contributed by atoms with Crippen molar-refractivity contribution in [3.63, 3.8) is 0 Å². The van der Waals surface area contributed by atoms with Crippen LogP contribution in [0.15, 0.2) is 6.07 Å². The minimum absolute atomic E-state index is 0.411. The summed E-state index contributed by atoms with van der Waals surface area (Å²) in [6, 6.07) is 2.62. The van der Waals surface area contributed by atoms with Gasteiger partial charge in [-0.25, -0.2) is 4.98 Å². The molecule has 2 aliphatic rings. The van der Waals surface area contributed by atoms with Gasteiger partial charge in [-0.15, -0.1) is 0 Å². The lowest BCUT2D eigenvalue weighted by molar-refractivity contribution is 0.482. The number of aromatic nitrogens is 2. The fourth-order valence-electron chi connectivity index (χ4n) is 2.53. The molecule has 0 aromatic carbocycles. The summed E-state index contributed by atoms with van der Waals surface area (Å²) < 4.78 is 0. The van der Waals surface area contributed by atoms with Crippen LogP contribution < -0.4 is 16.0 Å². The van der Waals surface area contributed by atoms with Crippen LogP contribution in [-0.4, -0.2) is 35.6 Å². The molecular weight excluding hydrogens is 226 g/mol. The molecule has 18 heavy (non-hydrogen) atoms. The molecule has 2 heterocycles. The smallest absolute Gasteiger partial charge is 0.222 e. The summed E-state index contributed by atoms with van der Waals surface area (Å²) in [5, 5.41) is 3.44. The van der Waals surface area contributed by atoms with Crippen molar-refractivity contribution in [3.05, 3.63) is 11.8 Å². The number of anilines is 2. The lowest BCUT2D eigenvalue weighted by Crippen LogP contribution is -2.49. The molecule has 1 saturated heterocycles. The summed E-state index contributed by atoms with van der Waals surface area (Å²) in [4.78, 5) is 11.0. The summed E-state index contributed by atoms with van der Waals surface area (Å²) in [5.41, 5.74) is 6.94. The quantitative estimate of drug-likeness (QED) is 0.827. The Morgan fingerprint density at radius 3 is 3.00 bits per heavy atom. The van der Waals surface area contributed by atoms with E-state index in [1.54, 1.807) is 0 Å². The first-order valence-corrected chi connectivity index (χ1v) is 6.82. The third kappa shape index (κ3) is 2.72. The second-order valence-electron chi connectivity index (χ2n) is 5.52. The normalized spacial score (nSPS) is 24.3. The van der Waals surface area contributed by atoms with Gasteiger partial charge in [0.05, 0.1) is 0 Å². The van der Waals surface area contributed by atoms with Gasteiger partial charge in [-0.05, 0) is 32.1 Å². The number of nitrogens with one attached hydrogen (secondary N) is 1. The van der Waals surface area contributed by atoms with E-state index in [9.17, 15) is 0 Å². The highest BCUT2D eigenvalue weighted by Crippen LogP contribution is 2.32. The van der Waals surface area contributed by atoms with E-state index in [0.29, 0.717) is 12.0 Å². The number of nitrogen functional groups attached to an aromatic ring is 1. The molecule has 1 atom stereocenters. The van der Waals surface area contributed by atoms with Crippen molar-refractivity contribution >= 4 is 11.8 Å². The fourth-order valence-corrected chi connectivity index (χ4v) is 2.53. The molecule has 0 bridgehead atoms. The molecule has 1 aromatic heterocycles. The lowest BCUT2D eigenvalue weighted by atomic mass is 10.2. The van der Waals surface area contributed by atoms with Crippen LogP contribution >= 0.6 is 0 Å². The van der Waals surface area contributed by atoms with Crippen molar-refractivity contribution in [1.82, 2.24) is 15.3 Å². The van der Waals surface area contributed by atoms with Gasteiger partial charge < -0.3 is 16.0 Å². The van der Waals surface area contributed by atoms with E-state index < -0.39 is 0 Å². The van der Waals surface area contributed by atoms with Crippen LogP contribution in [0.5, 0.6) is 0 Å². The molecule has 3 rings (SSSR count). The van der Waals surface area contributed by atoms with Crippen molar-refractivity contribution in [3.8, 4) is 0 Å². The van der Waals surface area contributed by atoms with Crippen molar-refractivity contribution in [2.75, 3.05) is 30.3 Å². The highest BCUT2D eigenvalue weighted by atomic mass is 15.3. The highest BCUT2D eigenvalue weighted by Gasteiger charge is 2.23. The molecule has 1 aliphatic carbocycles. The summed E-state index contributed by atoms with van der Waals surface area (Å²) in [5.74, 6) is 2.23. The molecule has 0 amide bonds. The van der Waals surface area contributed by atoms with Crippen LogP contribution in [0.1, 0.15) is 25.5 Å². The second kappa shape index (κ2) is 4.72. The van der Waals surface area contributed by atoms with Crippen molar-refractivity contribution < 1.29 is 0 Å². The van der Waals surface area contributed by atoms with Gasteiger partial charge in [0.1, 0.15) is 5.82 Å². The van der Waals surface area contributed by atoms with Gasteiger partial charge in [-0.1, -0.05) is 0 Å². The third-order valence-electron chi connectivity index (χ3n) is 3.67. The molecule has 5 nitrogen and oxygen atoms in total. The van der Waals surface area contributed by atoms with Gasteiger partial charge in [0.15, 0.2) is 0 Å². The van der Waals surface area contributed by atoms with E-state index in [1.807, 2.05) is 0 Å². The van der Waals surface area contributed by atoms with Gasteiger partial charge in [-0.2, -0.15) is 4.98 Å². The molecular formula is C13H21N5. The number of hydrogen-bond acceptors (Lipinski definition) is 5. The number of hydrogen-bond donors (Lipinski definition) is 2. The maximum absolute atomic E-state index is 5.83. The van der Waals surface area contributed by atoms with Crippen LogP contribution in [0.4, 0.5) is 11.8 Å². The summed E-state index contributed by atoms with van der Waals surface area (Å²) in [7, 11) is 0. The molecule has 5 heteroatoms. The first-order chi connectivity index (χ1) is 8.70. The Hall–Kier alpha value is -1.36. The number of nitrogens with zero attached hydrogens (tertiary/aromatic N) is 3. The predicted molar refractivity (Wildman–Crippen MR) is 72.6 cm³/mol. The molecule has 98 valence electrons. The van der Waals surface area contributed by atoms with Crippen LogP contribution in [0.3, 0.4) is 0 Å². The van der Waals surface area contributed by atoms with Gasteiger partial charge >= 0.3 is 0 Å². The van der Waals surface area contributed by atoms with Gasteiger partial charge in [0, 0.05) is 37.4 Å². The summed E-state index contributed by atoms with van der Waals surface area (Å²) in [6.07, 6.45) is 3.73. The molecule has 1 saturated carbocycles. The van der Waals surface area contributed by atoms with Crippen LogP contribution in [0.2, 0.25) is 0 Å². The standard InChI is InChI=1S/C13H21N5/c1-9-8-18(5-4-15-9)12-7-11(6-10-2-3-10)16-13(14)17-12/h7,9-10,15H,2-6,8H2,1H3,(H2,14,16,17)/t9-/m0/s1. The van der Waals surface area contributed by atoms with Crippen molar-refractivity contribution in [2.45, 2.75) is 32.2 Å². The van der Waals surface area contributed by atoms with Crippen LogP contribution in [-0.2, 0) is 6.42 Å². The molecule has 0 unspecified atom stereocenters. The SMILES string of the molecule is C[C@H]1CN(c2cc(CC3CC3)nc(N)n2)CCN1. The van der Waals surface area contributed by atoms with Crippen molar-refractivity contribution in [2.24, 2.45) is 5.92 Å². The monoisotopic (exact) mass is 247 g/mol. The summed E-state index contributed by atoms with van der Waals surface area (Å²) >= 11 is 0. The third-order valence-corrected chi connectivity index (χ3v) is 3.67. The van der Waals surface area contributed by atoms with E-state index in [2.05, 4.69) is 33.2 Å². The molecule has 2 fully saturated rings. The Labute approximate surface area is 108 Å². The first kappa shape index (κ1) is 11.7. The Balaban J connectivity index is 1.78. The number of rotatable bonds is 3. The average Bonchev–Trinajstić information content (AvgIpc) is 3.12. The maximum Gasteiger partial charge on any atom is 0.222 e. The number of nitrogens with two attached hydrogens (primary N) is 1. The topological polar surface area (TPSA) is 67.1 Å². The maximum atomic E-state index is 5.83. The van der Waals surface area contributed by atoms with Crippen LogP contribution in [0, 0.1) is 5.92 Å². The zero-order valence-corrected chi connectivity index (χ0v) is 10.9. The minimum atomic E-state index is 0.411. The lowest BCUT2D eigenvalue weighted by Gasteiger charge is -2.32. The van der Waals surface area contributed by atoms with E-state index in [1.165, 1.54) is 12.8 Å². The second-order valence-corrected chi connectivity index (χ2v) is 5.52. The highest BCUT2D eigenvalue weighted by molar-refractivity contribution is 5.44. The average molecular weight is 247 g/mol. The molecule has 3 N–H and O–H groups in total. The zero-order chi connectivity index (χ0) is 12.5. The first-order valence-electron chi connectivity index (χ1n) is 6.82. The molecule has 1 aromatic rings. The fraction of sp³-hybridized carbons (Fsp3) is 0.692. The van der Waals surface area contributed by atoms with E-state index in [0.717, 1.165) is 43.5 Å². The Bertz CT molecular complexity index is 429. The largest absolute Gasteiger partial charge is 0.368 e. The van der Waals surface area contributed by atoms with E-state index >= 15 is 0 Å². The van der Waals surface area contributed by atoms with E-state index in [-0.39, 0.29) is 0 Å². The summed E-state index contributed by atoms with van der Waals surface area (Å²) in [6.45, 7) is 5.17. The number of piperazine rings is 1. The molecule has 0 radical (unpaired) electrons. The van der Waals surface area contributed by atoms with Gasteiger partial charge in [-0.3, -0.25) is 0 Å². The Morgan fingerprint density at radius 2 is 2.28 bits per heavy atom. The minimum Gasteiger partial charge on any atom is -0.368 e. The zero-order valence-electron chi connectivity index (χ0n) is 10.9. The van der Waals surface area contributed by atoms with Crippen LogP contribution in [0.25, 0.3) is 0 Å². The predicted octanol–water partition coefficient (Wildman–Crippen LogP) is 0.809. The van der Waals surface area contributed by atoms with Gasteiger partial charge in [0.25, 0.3) is 0 Å². The Kier molecular flexibility index (Phi) is 3.07. The van der Waals surface area contributed by atoms with Crippen molar-refractivity contribution in [1.29, 1.82) is 0 Å². The molecule has 0 spiro atoms. The van der Waals surface area contributed by atoms with Gasteiger partial charge in [0.2, 0.25) is 5.95 Å². The van der Waals surface area contributed by atoms with E-state index in [4.69, 9.17) is 5.73 Å².